The Labute approximate surface area is 74.8 Å². The van der Waals surface area contributed by atoms with Crippen LogP contribution < -0.4 is 0 Å². The summed E-state index contributed by atoms with van der Waals surface area (Å²) in [5.74, 6) is 0.333. The molecule has 0 aromatic rings. The summed E-state index contributed by atoms with van der Waals surface area (Å²) in [5, 5.41) is 0. The average Bonchev–Trinajstić information content (AvgIpc) is 1.84. The second-order valence-corrected chi connectivity index (χ2v) is 2.75. The minimum absolute atomic E-state index is 0.270. The van der Waals surface area contributed by atoms with E-state index >= 15 is 0 Å². The SMILES string of the molecule is CN(CC=CCCl)CC(F)(F)F. The molecule has 0 unspecified atom stereocenters. The number of hydrogen-bond donors (Lipinski definition) is 0. The zero-order valence-corrected chi connectivity index (χ0v) is 7.49. The van der Waals surface area contributed by atoms with Crippen LogP contribution in [-0.2, 0) is 0 Å². The molecule has 0 atom stereocenters. The van der Waals surface area contributed by atoms with Gasteiger partial charge in [0.1, 0.15) is 0 Å². The molecule has 0 radical (unpaired) electrons. The highest BCUT2D eigenvalue weighted by Gasteiger charge is 2.28. The normalized spacial score (nSPS) is 13.2. The Morgan fingerprint density at radius 3 is 2.33 bits per heavy atom. The van der Waals surface area contributed by atoms with E-state index in [0.29, 0.717) is 5.88 Å². The van der Waals surface area contributed by atoms with Crippen molar-refractivity contribution in [3.05, 3.63) is 12.2 Å². The van der Waals surface area contributed by atoms with E-state index in [2.05, 4.69) is 0 Å². The van der Waals surface area contributed by atoms with Crippen LogP contribution in [0.4, 0.5) is 13.2 Å². The van der Waals surface area contributed by atoms with Crippen LogP contribution in [0.25, 0.3) is 0 Å². The number of rotatable bonds is 4. The standard InChI is InChI=1S/C7H11ClF3N/c1-12(5-3-2-4-8)6-7(9,10)11/h2-3H,4-6H2,1H3. The van der Waals surface area contributed by atoms with Crippen LogP contribution in [0.3, 0.4) is 0 Å². The molecule has 0 fully saturated rings. The highest BCUT2D eigenvalue weighted by molar-refractivity contribution is 6.18. The van der Waals surface area contributed by atoms with Crippen molar-refractivity contribution in [3.8, 4) is 0 Å². The molecule has 0 bridgehead atoms. The van der Waals surface area contributed by atoms with Crippen LogP contribution in [-0.4, -0.2) is 37.1 Å². The summed E-state index contributed by atoms with van der Waals surface area (Å²) in [5.41, 5.74) is 0. The first kappa shape index (κ1) is 11.8. The largest absolute Gasteiger partial charge is 0.401 e. The first-order chi connectivity index (χ1) is 5.45. The molecular formula is C7H11ClF3N. The van der Waals surface area contributed by atoms with E-state index in [4.69, 9.17) is 11.6 Å². The zero-order chi connectivity index (χ0) is 9.61. The molecule has 0 aliphatic carbocycles. The minimum Gasteiger partial charge on any atom is -0.294 e. The summed E-state index contributed by atoms with van der Waals surface area (Å²) < 4.78 is 35.2. The lowest BCUT2D eigenvalue weighted by Crippen LogP contribution is -2.31. The number of allylic oxidation sites excluding steroid dienone is 1. The van der Waals surface area contributed by atoms with Crippen LogP contribution in [0.2, 0.25) is 0 Å². The molecule has 0 amide bonds. The van der Waals surface area contributed by atoms with E-state index in [1.807, 2.05) is 0 Å². The molecule has 12 heavy (non-hydrogen) atoms. The van der Waals surface area contributed by atoms with Gasteiger partial charge < -0.3 is 0 Å². The van der Waals surface area contributed by atoms with E-state index in [1.165, 1.54) is 11.9 Å². The van der Waals surface area contributed by atoms with Gasteiger partial charge in [0.05, 0.1) is 6.54 Å². The predicted octanol–water partition coefficient (Wildman–Crippen LogP) is 2.28. The molecule has 0 saturated heterocycles. The van der Waals surface area contributed by atoms with Crippen molar-refractivity contribution in [2.75, 3.05) is 26.0 Å². The van der Waals surface area contributed by atoms with E-state index in [-0.39, 0.29) is 6.54 Å². The van der Waals surface area contributed by atoms with Crippen molar-refractivity contribution in [3.63, 3.8) is 0 Å². The fourth-order valence-corrected chi connectivity index (χ4v) is 0.814. The average molecular weight is 202 g/mol. The number of hydrogen-bond acceptors (Lipinski definition) is 1. The van der Waals surface area contributed by atoms with E-state index in [1.54, 1.807) is 12.2 Å². The summed E-state index contributed by atoms with van der Waals surface area (Å²) >= 11 is 5.29. The van der Waals surface area contributed by atoms with Crippen LogP contribution >= 0.6 is 11.6 Å². The van der Waals surface area contributed by atoms with Gasteiger partial charge in [0.2, 0.25) is 0 Å². The van der Waals surface area contributed by atoms with Crippen molar-refractivity contribution in [2.24, 2.45) is 0 Å². The molecule has 0 aliphatic rings. The molecular weight excluding hydrogens is 191 g/mol. The topological polar surface area (TPSA) is 3.24 Å². The molecule has 1 nitrogen and oxygen atoms in total. The van der Waals surface area contributed by atoms with Crippen LogP contribution in [0.5, 0.6) is 0 Å². The summed E-state index contributed by atoms with van der Waals surface area (Å²) in [6.07, 6.45) is -0.892. The molecule has 0 aromatic heterocycles. The van der Waals surface area contributed by atoms with Gasteiger partial charge in [-0.2, -0.15) is 13.2 Å². The van der Waals surface area contributed by atoms with Gasteiger partial charge in [0, 0.05) is 12.4 Å². The van der Waals surface area contributed by atoms with E-state index in [9.17, 15) is 13.2 Å². The van der Waals surface area contributed by atoms with Crippen LogP contribution in [0.15, 0.2) is 12.2 Å². The Bertz CT molecular complexity index is 144. The lowest BCUT2D eigenvalue weighted by atomic mass is 10.4. The summed E-state index contributed by atoms with van der Waals surface area (Å²) in [4.78, 5) is 1.17. The van der Waals surface area contributed by atoms with Gasteiger partial charge in [-0.25, -0.2) is 0 Å². The van der Waals surface area contributed by atoms with Gasteiger partial charge in [-0.1, -0.05) is 12.2 Å². The Balaban J connectivity index is 3.60. The predicted molar refractivity (Wildman–Crippen MR) is 43.4 cm³/mol. The Kier molecular flexibility index (Phi) is 5.33. The van der Waals surface area contributed by atoms with E-state index in [0.717, 1.165) is 0 Å². The molecule has 0 aromatic carbocycles. The zero-order valence-electron chi connectivity index (χ0n) is 6.74. The fourth-order valence-electron chi connectivity index (χ4n) is 0.688. The maximum Gasteiger partial charge on any atom is 0.401 e. The van der Waals surface area contributed by atoms with Crippen molar-refractivity contribution in [1.82, 2.24) is 4.90 Å². The van der Waals surface area contributed by atoms with E-state index < -0.39 is 12.7 Å². The monoisotopic (exact) mass is 201 g/mol. The molecule has 0 N–H and O–H groups in total. The van der Waals surface area contributed by atoms with Gasteiger partial charge in [0.15, 0.2) is 0 Å². The highest BCUT2D eigenvalue weighted by atomic mass is 35.5. The molecule has 0 saturated carbocycles. The van der Waals surface area contributed by atoms with Crippen LogP contribution in [0.1, 0.15) is 0 Å². The molecule has 5 heteroatoms. The summed E-state index contributed by atoms with van der Waals surface area (Å²) in [6.45, 7) is -0.619. The lowest BCUT2D eigenvalue weighted by molar-refractivity contribution is -0.141. The minimum atomic E-state index is -4.12. The van der Waals surface area contributed by atoms with Crippen LogP contribution in [0, 0.1) is 0 Å². The maximum atomic E-state index is 11.7. The molecule has 0 spiro atoms. The van der Waals surface area contributed by atoms with Gasteiger partial charge in [-0.3, -0.25) is 4.90 Å². The molecule has 0 aliphatic heterocycles. The lowest BCUT2D eigenvalue weighted by Gasteiger charge is -2.16. The van der Waals surface area contributed by atoms with Gasteiger partial charge in [0.25, 0.3) is 0 Å². The first-order valence-corrected chi connectivity index (χ1v) is 3.95. The number of alkyl halides is 4. The van der Waals surface area contributed by atoms with Crippen molar-refractivity contribution < 1.29 is 13.2 Å². The third kappa shape index (κ3) is 7.88. The molecule has 0 rings (SSSR count). The van der Waals surface area contributed by atoms with Crippen molar-refractivity contribution in [1.29, 1.82) is 0 Å². The summed E-state index contributed by atoms with van der Waals surface area (Å²) in [6, 6.07) is 0. The smallest absolute Gasteiger partial charge is 0.294 e. The maximum absolute atomic E-state index is 11.7. The Hall–Kier alpha value is -0.220. The van der Waals surface area contributed by atoms with Gasteiger partial charge in [-0.15, -0.1) is 11.6 Å². The number of likely N-dealkylation sites (N-methyl/N-ethyl adjacent to an activating group) is 1. The first-order valence-electron chi connectivity index (χ1n) is 3.42. The van der Waals surface area contributed by atoms with Crippen molar-refractivity contribution >= 4 is 11.6 Å². The number of nitrogens with zero attached hydrogens (tertiary/aromatic N) is 1. The highest BCUT2D eigenvalue weighted by Crippen LogP contribution is 2.15. The third-order valence-electron chi connectivity index (χ3n) is 1.12. The quantitative estimate of drug-likeness (QED) is 0.498. The van der Waals surface area contributed by atoms with Gasteiger partial charge >= 0.3 is 6.18 Å². The Morgan fingerprint density at radius 1 is 1.33 bits per heavy atom. The molecule has 72 valence electrons. The summed E-state index contributed by atoms with van der Waals surface area (Å²) in [7, 11) is 1.41. The number of halogens is 4. The van der Waals surface area contributed by atoms with Crippen molar-refractivity contribution in [2.45, 2.75) is 6.18 Å². The Morgan fingerprint density at radius 2 is 1.92 bits per heavy atom. The third-order valence-corrected chi connectivity index (χ3v) is 1.30. The second kappa shape index (κ2) is 5.43. The second-order valence-electron chi connectivity index (χ2n) is 2.44. The fraction of sp³-hybridized carbons (Fsp3) is 0.714. The van der Waals surface area contributed by atoms with Gasteiger partial charge in [-0.05, 0) is 7.05 Å². The molecule has 0 heterocycles.